The predicted octanol–water partition coefficient (Wildman–Crippen LogP) is 2.96. The molecule has 0 unspecified atom stereocenters. The Morgan fingerprint density at radius 1 is 1.53 bits per heavy atom. The molecule has 0 heterocycles. The van der Waals surface area contributed by atoms with Gasteiger partial charge in [0.25, 0.3) is 5.69 Å². The van der Waals surface area contributed by atoms with Crippen LogP contribution < -0.4 is 0 Å². The zero-order chi connectivity index (χ0) is 11.4. The number of allylic oxidation sites excluding steroid dienone is 1. The Bertz CT molecular complexity index is 440. The minimum absolute atomic E-state index is 0.0226. The second kappa shape index (κ2) is 4.84. The molecule has 0 saturated heterocycles. The number of hydrogen-bond acceptors (Lipinski definition) is 3. The van der Waals surface area contributed by atoms with Crippen LogP contribution in [0.2, 0.25) is 0 Å². The van der Waals surface area contributed by atoms with E-state index in [2.05, 4.69) is 15.9 Å². The molecule has 1 aromatic carbocycles. The third-order valence-electron chi connectivity index (χ3n) is 1.78. The SMILES string of the molecule is CC(C=O)=Cc1c(Br)cccc1[N+](=O)[O-]. The van der Waals surface area contributed by atoms with Gasteiger partial charge in [0.1, 0.15) is 6.29 Å². The van der Waals surface area contributed by atoms with Crippen molar-refractivity contribution in [3.05, 3.63) is 43.9 Å². The minimum atomic E-state index is -0.478. The van der Waals surface area contributed by atoms with Crippen LogP contribution >= 0.6 is 15.9 Å². The van der Waals surface area contributed by atoms with Crippen molar-refractivity contribution in [3.63, 3.8) is 0 Å². The van der Waals surface area contributed by atoms with Crippen molar-refractivity contribution in [1.29, 1.82) is 0 Å². The molecule has 0 fully saturated rings. The molecule has 0 aliphatic carbocycles. The van der Waals surface area contributed by atoms with Gasteiger partial charge in [-0.15, -0.1) is 0 Å². The molecule has 0 amide bonds. The number of nitro benzene ring substituents is 1. The van der Waals surface area contributed by atoms with Gasteiger partial charge in [-0.1, -0.05) is 6.07 Å². The van der Waals surface area contributed by atoms with Gasteiger partial charge in [-0.2, -0.15) is 0 Å². The highest BCUT2D eigenvalue weighted by atomic mass is 79.9. The smallest absolute Gasteiger partial charge is 0.277 e. The molecule has 0 aliphatic heterocycles. The van der Waals surface area contributed by atoms with Crippen molar-refractivity contribution in [2.24, 2.45) is 0 Å². The molecule has 4 nitrogen and oxygen atoms in total. The van der Waals surface area contributed by atoms with Crippen LogP contribution in [0.3, 0.4) is 0 Å². The van der Waals surface area contributed by atoms with Crippen LogP contribution in [0.5, 0.6) is 0 Å². The Balaban J connectivity index is 3.37. The molecule has 0 radical (unpaired) electrons. The van der Waals surface area contributed by atoms with Gasteiger partial charge >= 0.3 is 0 Å². The van der Waals surface area contributed by atoms with Crippen LogP contribution in [0.15, 0.2) is 28.2 Å². The lowest BCUT2D eigenvalue weighted by atomic mass is 10.1. The molecular weight excluding hydrogens is 262 g/mol. The monoisotopic (exact) mass is 269 g/mol. The first-order valence-electron chi connectivity index (χ1n) is 4.12. The van der Waals surface area contributed by atoms with E-state index in [1.165, 1.54) is 12.1 Å². The van der Waals surface area contributed by atoms with Crippen LogP contribution in [0.25, 0.3) is 6.08 Å². The van der Waals surface area contributed by atoms with Crippen molar-refractivity contribution < 1.29 is 9.72 Å². The van der Waals surface area contributed by atoms with Crippen LogP contribution in [0.1, 0.15) is 12.5 Å². The van der Waals surface area contributed by atoms with Crippen molar-refractivity contribution in [3.8, 4) is 0 Å². The average Bonchev–Trinajstić information content (AvgIpc) is 2.20. The summed E-state index contributed by atoms with van der Waals surface area (Å²) in [5.74, 6) is 0. The Hall–Kier alpha value is -1.49. The summed E-state index contributed by atoms with van der Waals surface area (Å²) in [7, 11) is 0. The van der Waals surface area contributed by atoms with Crippen molar-refractivity contribution in [2.45, 2.75) is 6.92 Å². The number of carbonyl (C=O) groups excluding carboxylic acids is 1. The van der Waals surface area contributed by atoms with E-state index in [1.54, 1.807) is 19.1 Å². The average molecular weight is 270 g/mol. The molecule has 0 N–H and O–H groups in total. The summed E-state index contributed by atoms with van der Waals surface area (Å²) < 4.78 is 0.595. The maximum absolute atomic E-state index is 10.7. The molecule has 1 rings (SSSR count). The molecule has 0 spiro atoms. The summed E-state index contributed by atoms with van der Waals surface area (Å²) >= 11 is 3.21. The lowest BCUT2D eigenvalue weighted by Gasteiger charge is -2.00. The molecule has 1 aromatic rings. The van der Waals surface area contributed by atoms with Gasteiger partial charge in [0.2, 0.25) is 0 Å². The normalized spacial score (nSPS) is 11.2. The molecule has 5 heteroatoms. The fourth-order valence-corrected chi connectivity index (χ4v) is 1.56. The second-order valence-corrected chi connectivity index (χ2v) is 3.79. The van der Waals surface area contributed by atoms with Gasteiger partial charge in [-0.05, 0) is 40.6 Å². The Morgan fingerprint density at radius 2 is 2.20 bits per heavy atom. The molecule has 0 aromatic heterocycles. The molecular formula is C10H8BrNO3. The number of aldehydes is 1. The number of nitrogens with zero attached hydrogens (tertiary/aromatic N) is 1. The standard InChI is InChI=1S/C10H8BrNO3/c1-7(6-13)5-8-9(11)3-2-4-10(8)12(14)15/h2-6H,1H3. The van der Waals surface area contributed by atoms with E-state index in [1.807, 2.05) is 0 Å². The largest absolute Gasteiger partial charge is 0.298 e. The Kier molecular flexibility index (Phi) is 3.74. The number of hydrogen-bond donors (Lipinski definition) is 0. The van der Waals surface area contributed by atoms with Crippen LogP contribution in [0, 0.1) is 10.1 Å². The van der Waals surface area contributed by atoms with Gasteiger partial charge in [0.05, 0.1) is 10.5 Å². The first-order chi connectivity index (χ1) is 7.06. The van der Waals surface area contributed by atoms with Gasteiger partial charge in [-0.3, -0.25) is 14.9 Å². The van der Waals surface area contributed by atoms with Crippen molar-refractivity contribution in [2.75, 3.05) is 0 Å². The van der Waals surface area contributed by atoms with Gasteiger partial charge in [-0.25, -0.2) is 0 Å². The topological polar surface area (TPSA) is 60.2 Å². The summed E-state index contributed by atoms with van der Waals surface area (Å²) in [6.07, 6.45) is 2.14. The van der Waals surface area contributed by atoms with Gasteiger partial charge in [0, 0.05) is 10.5 Å². The lowest BCUT2D eigenvalue weighted by molar-refractivity contribution is -0.385. The summed E-state index contributed by atoms with van der Waals surface area (Å²) in [6, 6.07) is 4.67. The molecule has 0 bridgehead atoms. The number of halogens is 1. The van der Waals surface area contributed by atoms with Crippen LogP contribution in [-0.4, -0.2) is 11.2 Å². The van der Waals surface area contributed by atoms with E-state index in [0.717, 1.165) is 0 Å². The van der Waals surface area contributed by atoms with Crippen LogP contribution in [-0.2, 0) is 4.79 Å². The molecule has 78 valence electrons. The van der Waals surface area contributed by atoms with Gasteiger partial charge < -0.3 is 0 Å². The molecule has 15 heavy (non-hydrogen) atoms. The third-order valence-corrected chi connectivity index (χ3v) is 2.48. The highest BCUT2D eigenvalue weighted by Crippen LogP contribution is 2.28. The molecule has 0 saturated carbocycles. The summed E-state index contributed by atoms with van der Waals surface area (Å²) in [5.41, 5.74) is 0.822. The fraction of sp³-hybridized carbons (Fsp3) is 0.100. The zero-order valence-electron chi connectivity index (χ0n) is 7.94. The first-order valence-corrected chi connectivity index (χ1v) is 4.92. The summed E-state index contributed by atoms with van der Waals surface area (Å²) in [5, 5.41) is 10.7. The Morgan fingerprint density at radius 3 is 2.73 bits per heavy atom. The molecule has 0 aliphatic rings. The van der Waals surface area contributed by atoms with E-state index in [4.69, 9.17) is 0 Å². The molecule has 0 atom stereocenters. The quantitative estimate of drug-likeness (QED) is 0.367. The number of benzene rings is 1. The highest BCUT2D eigenvalue weighted by Gasteiger charge is 2.13. The summed E-state index contributed by atoms with van der Waals surface area (Å²) in [6.45, 7) is 1.59. The van der Waals surface area contributed by atoms with E-state index in [9.17, 15) is 14.9 Å². The number of rotatable bonds is 3. The van der Waals surface area contributed by atoms with E-state index in [-0.39, 0.29) is 5.69 Å². The second-order valence-electron chi connectivity index (χ2n) is 2.94. The number of nitro groups is 1. The van der Waals surface area contributed by atoms with E-state index >= 15 is 0 Å². The summed E-state index contributed by atoms with van der Waals surface area (Å²) in [4.78, 5) is 20.7. The van der Waals surface area contributed by atoms with Crippen molar-refractivity contribution >= 4 is 34.0 Å². The van der Waals surface area contributed by atoms with Crippen LogP contribution in [0.4, 0.5) is 5.69 Å². The van der Waals surface area contributed by atoms with E-state index in [0.29, 0.717) is 21.9 Å². The number of carbonyl (C=O) groups is 1. The third kappa shape index (κ3) is 2.73. The first kappa shape index (κ1) is 11.6. The maximum Gasteiger partial charge on any atom is 0.277 e. The van der Waals surface area contributed by atoms with Crippen molar-refractivity contribution in [1.82, 2.24) is 0 Å². The fourth-order valence-electron chi connectivity index (χ4n) is 1.09. The van der Waals surface area contributed by atoms with E-state index < -0.39 is 4.92 Å². The van der Waals surface area contributed by atoms with Gasteiger partial charge in [0.15, 0.2) is 0 Å². The lowest BCUT2D eigenvalue weighted by Crippen LogP contribution is -1.92. The Labute approximate surface area is 94.9 Å². The maximum atomic E-state index is 10.7. The predicted molar refractivity (Wildman–Crippen MR) is 60.5 cm³/mol. The highest BCUT2D eigenvalue weighted by molar-refractivity contribution is 9.10. The minimum Gasteiger partial charge on any atom is -0.298 e. The zero-order valence-corrected chi connectivity index (χ0v) is 9.52.